The molecule has 0 N–H and O–H groups in total. The molecule has 0 bridgehead atoms. The van der Waals surface area contributed by atoms with Crippen molar-refractivity contribution in [3.8, 4) is 5.75 Å². The Hall–Kier alpha value is -1.53. The fraction of sp³-hybridized carbons (Fsp3) is 0.250. The molecule has 1 atom stereocenters. The Balaban J connectivity index is 2.23. The Labute approximate surface area is 115 Å². The van der Waals surface area contributed by atoms with Gasteiger partial charge in [0.2, 0.25) is 8.69 Å². The van der Waals surface area contributed by atoms with Crippen LogP contribution >= 0.6 is 8.69 Å². The Morgan fingerprint density at radius 2 is 1.58 bits per heavy atom. The van der Waals surface area contributed by atoms with Gasteiger partial charge in [0.05, 0.1) is 0 Å². The Morgan fingerprint density at radius 1 is 1.00 bits per heavy atom. The maximum absolute atomic E-state index is 10.5. The maximum Gasteiger partial charge on any atom is 0.225 e. The van der Waals surface area contributed by atoms with Gasteiger partial charge < -0.3 is 4.52 Å². The van der Waals surface area contributed by atoms with E-state index in [9.17, 15) is 4.57 Å². The number of rotatable bonds is 4. The third-order valence-electron chi connectivity index (χ3n) is 3.33. The van der Waals surface area contributed by atoms with Crippen LogP contribution in [-0.4, -0.2) is 0 Å². The zero-order valence-electron chi connectivity index (χ0n) is 11.6. The molecule has 0 amide bonds. The molecule has 0 saturated heterocycles. The van der Waals surface area contributed by atoms with Gasteiger partial charge in [-0.15, -0.1) is 0 Å². The van der Waals surface area contributed by atoms with Crippen molar-refractivity contribution in [2.75, 3.05) is 0 Å². The van der Waals surface area contributed by atoms with E-state index < -0.39 is 8.69 Å². The van der Waals surface area contributed by atoms with Crippen LogP contribution in [0.4, 0.5) is 0 Å². The summed E-state index contributed by atoms with van der Waals surface area (Å²) < 4.78 is 15.5. The highest BCUT2D eigenvalue weighted by Crippen LogP contribution is 2.22. The van der Waals surface area contributed by atoms with Gasteiger partial charge in [0.1, 0.15) is 5.75 Å². The van der Waals surface area contributed by atoms with Crippen molar-refractivity contribution in [1.82, 2.24) is 0 Å². The highest BCUT2D eigenvalue weighted by Gasteiger charge is 2.05. The lowest BCUT2D eigenvalue weighted by Gasteiger charge is -2.11. The van der Waals surface area contributed by atoms with Crippen molar-refractivity contribution in [1.29, 1.82) is 0 Å². The summed E-state index contributed by atoms with van der Waals surface area (Å²) in [6.45, 7) is 6.45. The van der Waals surface area contributed by atoms with Crippen molar-refractivity contribution in [2.24, 2.45) is 0 Å². The highest BCUT2D eigenvalue weighted by molar-refractivity contribution is 7.17. The van der Waals surface area contributed by atoms with Gasteiger partial charge in [-0.3, -0.25) is 4.57 Å². The second-order valence-electron chi connectivity index (χ2n) is 4.91. The molecule has 2 nitrogen and oxygen atoms in total. The van der Waals surface area contributed by atoms with Crippen molar-refractivity contribution >= 4 is 8.69 Å². The zero-order chi connectivity index (χ0) is 13.8. The standard InChI is InChI=1S/C16H19O2P/c1-11-8-12(2)16(13(3)9-11)10-14-4-6-15(7-5-14)18-19-17/h4-9H,10,19H2,1-3H3. The first kappa shape index (κ1) is 13.9. The summed E-state index contributed by atoms with van der Waals surface area (Å²) in [6, 6.07) is 12.3. The first-order valence-electron chi connectivity index (χ1n) is 6.36. The van der Waals surface area contributed by atoms with E-state index in [-0.39, 0.29) is 0 Å². The zero-order valence-corrected chi connectivity index (χ0v) is 12.7. The molecule has 2 aromatic rings. The van der Waals surface area contributed by atoms with Crippen LogP contribution in [-0.2, 0) is 11.0 Å². The van der Waals surface area contributed by atoms with Gasteiger partial charge in [-0.25, -0.2) is 0 Å². The molecule has 100 valence electrons. The topological polar surface area (TPSA) is 26.3 Å². The first-order valence-corrected chi connectivity index (χ1v) is 7.30. The highest BCUT2D eigenvalue weighted by atomic mass is 31.1. The predicted molar refractivity (Wildman–Crippen MR) is 80.9 cm³/mol. The van der Waals surface area contributed by atoms with Crippen molar-refractivity contribution in [2.45, 2.75) is 27.2 Å². The summed E-state index contributed by atoms with van der Waals surface area (Å²) in [6.07, 6.45) is 0.919. The molecule has 0 aliphatic carbocycles. The van der Waals surface area contributed by atoms with Gasteiger partial charge in [0.25, 0.3) is 0 Å². The fourth-order valence-electron chi connectivity index (χ4n) is 2.43. The number of hydrogen-bond acceptors (Lipinski definition) is 2. The van der Waals surface area contributed by atoms with Gasteiger partial charge in [-0.2, -0.15) is 0 Å². The second-order valence-corrected chi connectivity index (χ2v) is 5.34. The van der Waals surface area contributed by atoms with Gasteiger partial charge >= 0.3 is 0 Å². The fourth-order valence-corrected chi connectivity index (χ4v) is 2.70. The van der Waals surface area contributed by atoms with E-state index in [0.717, 1.165) is 6.42 Å². The third kappa shape index (κ3) is 3.48. The van der Waals surface area contributed by atoms with Crippen LogP contribution < -0.4 is 4.52 Å². The summed E-state index contributed by atoms with van der Waals surface area (Å²) in [5.74, 6) is 0.672. The van der Waals surface area contributed by atoms with E-state index in [1.165, 1.54) is 27.8 Å². The lowest BCUT2D eigenvalue weighted by Crippen LogP contribution is -1.96. The minimum Gasteiger partial charge on any atom is -0.447 e. The molecule has 0 spiro atoms. The summed E-state index contributed by atoms with van der Waals surface area (Å²) in [7, 11) is -1.19. The Morgan fingerprint density at radius 3 is 2.11 bits per heavy atom. The molecule has 0 aromatic heterocycles. The number of hydrogen-bond donors (Lipinski definition) is 0. The van der Waals surface area contributed by atoms with Gasteiger partial charge in [-0.1, -0.05) is 29.8 Å². The molecule has 0 saturated carbocycles. The van der Waals surface area contributed by atoms with Crippen LogP contribution in [0, 0.1) is 20.8 Å². The van der Waals surface area contributed by atoms with Crippen LogP contribution in [0.1, 0.15) is 27.8 Å². The lowest BCUT2D eigenvalue weighted by atomic mass is 9.94. The predicted octanol–water partition coefficient (Wildman–Crippen LogP) is 4.25. The van der Waals surface area contributed by atoms with E-state index in [1.807, 2.05) is 24.3 Å². The maximum atomic E-state index is 10.5. The quantitative estimate of drug-likeness (QED) is 0.779. The monoisotopic (exact) mass is 274 g/mol. The van der Waals surface area contributed by atoms with Gasteiger partial charge in [-0.05, 0) is 61.6 Å². The summed E-state index contributed by atoms with van der Waals surface area (Å²) >= 11 is 0. The van der Waals surface area contributed by atoms with Crippen LogP contribution in [0.3, 0.4) is 0 Å². The van der Waals surface area contributed by atoms with Crippen molar-refractivity contribution in [3.05, 3.63) is 64.2 Å². The smallest absolute Gasteiger partial charge is 0.225 e. The van der Waals surface area contributed by atoms with Crippen LogP contribution in [0.15, 0.2) is 36.4 Å². The molecule has 19 heavy (non-hydrogen) atoms. The van der Waals surface area contributed by atoms with Crippen LogP contribution in [0.25, 0.3) is 0 Å². The summed E-state index contributed by atoms with van der Waals surface area (Å²) in [4.78, 5) is 0. The SMILES string of the molecule is Cc1cc(C)c(Cc2ccc(O[PH2]=O)cc2)c(C)c1. The lowest BCUT2D eigenvalue weighted by molar-refractivity contribution is 0.525. The largest absolute Gasteiger partial charge is 0.447 e. The number of aryl methyl sites for hydroxylation is 3. The summed E-state index contributed by atoms with van der Waals surface area (Å²) in [5.41, 5.74) is 6.60. The molecule has 0 radical (unpaired) electrons. The second kappa shape index (κ2) is 6.08. The average Bonchev–Trinajstić information content (AvgIpc) is 2.36. The Bertz CT molecular complexity index is 565. The first-order chi connectivity index (χ1) is 9.10. The van der Waals surface area contributed by atoms with E-state index in [2.05, 4.69) is 32.9 Å². The summed E-state index contributed by atoms with van der Waals surface area (Å²) in [5, 5.41) is 0. The minimum absolute atomic E-state index is 0.672. The van der Waals surface area contributed by atoms with Gasteiger partial charge in [0, 0.05) is 0 Å². The average molecular weight is 274 g/mol. The molecule has 0 aliphatic rings. The van der Waals surface area contributed by atoms with Crippen LogP contribution in [0.2, 0.25) is 0 Å². The molecule has 0 aliphatic heterocycles. The molecule has 2 aromatic carbocycles. The normalized spacial score (nSPS) is 11.1. The number of benzene rings is 2. The van der Waals surface area contributed by atoms with E-state index in [0.29, 0.717) is 5.75 Å². The molecule has 0 heterocycles. The van der Waals surface area contributed by atoms with E-state index in [4.69, 9.17) is 4.52 Å². The van der Waals surface area contributed by atoms with Crippen molar-refractivity contribution in [3.63, 3.8) is 0 Å². The molecular weight excluding hydrogens is 255 g/mol. The van der Waals surface area contributed by atoms with Gasteiger partial charge in [0.15, 0.2) is 0 Å². The molecule has 3 heteroatoms. The van der Waals surface area contributed by atoms with Crippen LogP contribution in [0.5, 0.6) is 5.75 Å². The third-order valence-corrected chi connectivity index (χ3v) is 3.70. The molecule has 1 unspecified atom stereocenters. The molecule has 2 rings (SSSR count). The molecule has 0 fully saturated rings. The van der Waals surface area contributed by atoms with E-state index in [1.54, 1.807) is 0 Å². The molecular formula is C16H19O2P. The van der Waals surface area contributed by atoms with E-state index >= 15 is 0 Å². The Kier molecular flexibility index (Phi) is 4.44. The van der Waals surface area contributed by atoms with Crippen molar-refractivity contribution < 1.29 is 9.09 Å². The minimum atomic E-state index is -1.19.